The molecule has 0 aliphatic carbocycles. The molecule has 0 aromatic heterocycles. The van der Waals surface area contributed by atoms with Crippen molar-refractivity contribution in [3.8, 4) is 0 Å². The van der Waals surface area contributed by atoms with Gasteiger partial charge in [0.1, 0.15) is 5.82 Å². The van der Waals surface area contributed by atoms with E-state index in [-0.39, 0.29) is 11.7 Å². The number of carbonyl (C=O) groups is 1. The molecule has 2 nitrogen and oxygen atoms in total. The van der Waals surface area contributed by atoms with Crippen molar-refractivity contribution in [2.45, 2.75) is 19.8 Å². The number of hydrogen-bond donors (Lipinski definition) is 0. The van der Waals surface area contributed by atoms with Crippen LogP contribution >= 0.6 is 0 Å². The minimum Gasteiger partial charge on any atom is -0.311 e. The number of nitrogens with zero attached hydrogens (tertiary/aromatic N) is 1. The maximum atomic E-state index is 12.9. The van der Waals surface area contributed by atoms with Crippen LogP contribution in [0.5, 0.6) is 0 Å². The normalized spacial score (nSPS) is 10.3. The predicted molar refractivity (Wildman–Crippen MR) is 79.6 cm³/mol. The first-order chi connectivity index (χ1) is 9.61. The van der Waals surface area contributed by atoms with E-state index in [1.54, 1.807) is 19.2 Å². The smallest absolute Gasteiger partial charge is 0.258 e. The highest BCUT2D eigenvalue weighted by atomic mass is 19.1. The molecular formula is C17H18FNO. The summed E-state index contributed by atoms with van der Waals surface area (Å²) in [7, 11) is 1.70. The van der Waals surface area contributed by atoms with Gasteiger partial charge < -0.3 is 4.90 Å². The Labute approximate surface area is 118 Å². The maximum absolute atomic E-state index is 12.9. The third kappa shape index (κ3) is 3.23. The van der Waals surface area contributed by atoms with Crippen molar-refractivity contribution in [1.29, 1.82) is 0 Å². The van der Waals surface area contributed by atoms with Gasteiger partial charge in [0.25, 0.3) is 5.91 Å². The van der Waals surface area contributed by atoms with Crippen molar-refractivity contribution in [2.75, 3.05) is 11.9 Å². The van der Waals surface area contributed by atoms with Crippen LogP contribution in [0.2, 0.25) is 0 Å². The first kappa shape index (κ1) is 14.3. The van der Waals surface area contributed by atoms with Crippen molar-refractivity contribution < 1.29 is 9.18 Å². The number of rotatable bonds is 4. The third-order valence-corrected chi connectivity index (χ3v) is 3.23. The van der Waals surface area contributed by atoms with E-state index in [1.165, 1.54) is 17.0 Å². The quantitative estimate of drug-likeness (QED) is 0.821. The van der Waals surface area contributed by atoms with Crippen molar-refractivity contribution in [1.82, 2.24) is 0 Å². The molecule has 2 aromatic rings. The second-order valence-electron chi connectivity index (χ2n) is 4.79. The van der Waals surface area contributed by atoms with Crippen LogP contribution in [0.4, 0.5) is 10.1 Å². The Bertz CT molecular complexity index is 592. The standard InChI is InChI=1S/C17H18FNO/c1-3-5-13-6-4-7-14(12-13)17(20)19(2)16-10-8-15(18)9-11-16/h4,6-12H,3,5H2,1-2H3. The van der Waals surface area contributed by atoms with E-state index in [0.717, 1.165) is 18.4 Å². The first-order valence-corrected chi connectivity index (χ1v) is 6.74. The Kier molecular flexibility index (Phi) is 4.51. The Hall–Kier alpha value is -2.16. The zero-order valence-electron chi connectivity index (χ0n) is 11.8. The van der Waals surface area contributed by atoms with Crippen molar-refractivity contribution in [3.63, 3.8) is 0 Å². The molecule has 0 saturated heterocycles. The largest absolute Gasteiger partial charge is 0.311 e. The number of hydrogen-bond acceptors (Lipinski definition) is 1. The Morgan fingerprint density at radius 1 is 1.15 bits per heavy atom. The number of aryl methyl sites for hydroxylation is 1. The van der Waals surface area contributed by atoms with E-state index < -0.39 is 0 Å². The highest BCUT2D eigenvalue weighted by Gasteiger charge is 2.13. The van der Waals surface area contributed by atoms with Gasteiger partial charge >= 0.3 is 0 Å². The van der Waals surface area contributed by atoms with E-state index in [9.17, 15) is 9.18 Å². The van der Waals surface area contributed by atoms with Crippen molar-refractivity contribution >= 4 is 11.6 Å². The Morgan fingerprint density at radius 3 is 2.50 bits per heavy atom. The second-order valence-corrected chi connectivity index (χ2v) is 4.79. The van der Waals surface area contributed by atoms with Crippen LogP contribution < -0.4 is 4.90 Å². The van der Waals surface area contributed by atoms with Crippen LogP contribution in [-0.2, 0) is 6.42 Å². The molecule has 0 radical (unpaired) electrons. The molecule has 2 aromatic carbocycles. The van der Waals surface area contributed by atoms with E-state index >= 15 is 0 Å². The lowest BCUT2D eigenvalue weighted by Crippen LogP contribution is -2.26. The average molecular weight is 271 g/mol. The molecule has 0 aliphatic heterocycles. The molecule has 0 aliphatic rings. The molecule has 0 saturated carbocycles. The topological polar surface area (TPSA) is 20.3 Å². The minimum atomic E-state index is -0.306. The second kappa shape index (κ2) is 6.33. The van der Waals surface area contributed by atoms with Gasteiger partial charge in [-0.2, -0.15) is 0 Å². The number of carbonyl (C=O) groups excluding carboxylic acids is 1. The summed E-state index contributed by atoms with van der Waals surface area (Å²) >= 11 is 0. The van der Waals surface area contributed by atoms with Gasteiger partial charge in [0.2, 0.25) is 0 Å². The van der Waals surface area contributed by atoms with Crippen molar-refractivity contribution in [3.05, 3.63) is 65.5 Å². The molecule has 3 heteroatoms. The highest BCUT2D eigenvalue weighted by molar-refractivity contribution is 6.05. The molecule has 0 N–H and O–H groups in total. The zero-order chi connectivity index (χ0) is 14.5. The minimum absolute atomic E-state index is 0.0884. The van der Waals surface area contributed by atoms with Crippen LogP contribution in [-0.4, -0.2) is 13.0 Å². The summed E-state index contributed by atoms with van der Waals surface area (Å²) in [6, 6.07) is 13.6. The van der Waals surface area contributed by atoms with Crippen molar-refractivity contribution in [2.24, 2.45) is 0 Å². The summed E-state index contributed by atoms with van der Waals surface area (Å²) in [4.78, 5) is 14.0. The van der Waals surface area contributed by atoms with E-state index in [4.69, 9.17) is 0 Å². The molecule has 0 fully saturated rings. The Balaban J connectivity index is 2.21. The number of halogens is 1. The SMILES string of the molecule is CCCc1cccc(C(=O)N(C)c2ccc(F)cc2)c1. The van der Waals surface area contributed by atoms with Crippen LogP contribution in [0, 0.1) is 5.82 Å². The van der Waals surface area contributed by atoms with Gasteiger partial charge in [-0.1, -0.05) is 25.5 Å². The van der Waals surface area contributed by atoms with Crippen LogP contribution in [0.15, 0.2) is 48.5 Å². The molecule has 0 heterocycles. The fraction of sp³-hybridized carbons (Fsp3) is 0.235. The monoisotopic (exact) mass is 271 g/mol. The molecule has 0 unspecified atom stereocenters. The molecule has 0 atom stereocenters. The lowest BCUT2D eigenvalue weighted by Gasteiger charge is -2.17. The van der Waals surface area contributed by atoms with Gasteiger partial charge in [0.05, 0.1) is 0 Å². The molecule has 104 valence electrons. The van der Waals surface area contributed by atoms with Crippen LogP contribution in [0.3, 0.4) is 0 Å². The molecule has 0 bridgehead atoms. The first-order valence-electron chi connectivity index (χ1n) is 6.74. The summed E-state index contributed by atoms with van der Waals surface area (Å²) in [5.41, 5.74) is 2.49. The van der Waals surface area contributed by atoms with Crippen LogP contribution in [0.1, 0.15) is 29.3 Å². The van der Waals surface area contributed by atoms with Gasteiger partial charge in [-0.05, 0) is 48.4 Å². The Morgan fingerprint density at radius 2 is 1.85 bits per heavy atom. The summed E-state index contributed by atoms with van der Waals surface area (Å²) in [5, 5.41) is 0. The van der Waals surface area contributed by atoms with E-state index in [2.05, 4.69) is 6.92 Å². The van der Waals surface area contributed by atoms with E-state index in [1.807, 2.05) is 24.3 Å². The number of amides is 1. The lowest BCUT2D eigenvalue weighted by atomic mass is 10.1. The van der Waals surface area contributed by atoms with Gasteiger partial charge in [0, 0.05) is 18.3 Å². The molecule has 0 spiro atoms. The fourth-order valence-corrected chi connectivity index (χ4v) is 2.12. The van der Waals surface area contributed by atoms with Gasteiger partial charge in [-0.3, -0.25) is 4.79 Å². The lowest BCUT2D eigenvalue weighted by molar-refractivity contribution is 0.0993. The predicted octanol–water partition coefficient (Wildman–Crippen LogP) is 4.05. The summed E-state index contributed by atoms with van der Waals surface area (Å²) in [6.45, 7) is 2.11. The summed E-state index contributed by atoms with van der Waals surface area (Å²) in [6.07, 6.45) is 2.01. The fourth-order valence-electron chi connectivity index (χ4n) is 2.12. The zero-order valence-corrected chi connectivity index (χ0v) is 11.8. The van der Waals surface area contributed by atoms with E-state index in [0.29, 0.717) is 11.3 Å². The van der Waals surface area contributed by atoms with Gasteiger partial charge in [0.15, 0.2) is 0 Å². The van der Waals surface area contributed by atoms with Gasteiger partial charge in [-0.15, -0.1) is 0 Å². The molecule has 2 rings (SSSR count). The maximum Gasteiger partial charge on any atom is 0.258 e. The highest BCUT2D eigenvalue weighted by Crippen LogP contribution is 2.17. The van der Waals surface area contributed by atoms with Gasteiger partial charge in [-0.25, -0.2) is 4.39 Å². The summed E-state index contributed by atoms with van der Waals surface area (Å²) < 4.78 is 12.9. The molecular weight excluding hydrogens is 253 g/mol. The average Bonchev–Trinajstić information content (AvgIpc) is 2.47. The number of benzene rings is 2. The number of anilines is 1. The summed E-state index contributed by atoms with van der Waals surface area (Å²) in [5.74, 6) is -0.394. The molecule has 20 heavy (non-hydrogen) atoms. The molecule has 1 amide bonds. The van der Waals surface area contributed by atoms with Crippen LogP contribution in [0.25, 0.3) is 0 Å². The third-order valence-electron chi connectivity index (χ3n) is 3.23.